The molecule has 4 aliphatic rings. The fourth-order valence-corrected chi connectivity index (χ4v) is 3.47. The molecule has 5 rings (SSSR count). The number of nitrogens with one attached hydrogen (secondary N) is 1. The van der Waals surface area contributed by atoms with Gasteiger partial charge in [-0.1, -0.05) is 12.1 Å². The molecule has 0 bridgehead atoms. The zero-order valence-corrected chi connectivity index (χ0v) is 13.1. The molecule has 124 valence electrons. The van der Waals surface area contributed by atoms with Gasteiger partial charge in [0.2, 0.25) is 0 Å². The summed E-state index contributed by atoms with van der Waals surface area (Å²) in [5.41, 5.74) is 1.98. The van der Waals surface area contributed by atoms with Crippen LogP contribution >= 0.6 is 0 Å². The molecule has 1 aromatic rings. The zero-order chi connectivity index (χ0) is 15.9. The lowest BCUT2D eigenvalue weighted by Crippen LogP contribution is -2.56. The lowest BCUT2D eigenvalue weighted by molar-refractivity contribution is -0.107. The van der Waals surface area contributed by atoms with Gasteiger partial charge in [-0.3, -0.25) is 4.99 Å². The Bertz CT molecular complexity index is 726. The van der Waals surface area contributed by atoms with Crippen LogP contribution in [0.15, 0.2) is 44.7 Å². The summed E-state index contributed by atoms with van der Waals surface area (Å²) in [4.78, 5) is 8.95. The van der Waals surface area contributed by atoms with E-state index < -0.39 is 0 Å². The molecule has 24 heavy (non-hydrogen) atoms. The molecule has 2 unspecified atom stereocenters. The van der Waals surface area contributed by atoms with Gasteiger partial charge in [-0.15, -0.1) is 0 Å². The maximum Gasteiger partial charge on any atom is 0.174 e. The number of amidine groups is 1. The van der Waals surface area contributed by atoms with Crippen LogP contribution in [0.2, 0.25) is 0 Å². The predicted molar refractivity (Wildman–Crippen MR) is 89.7 cm³/mol. The van der Waals surface area contributed by atoms with Gasteiger partial charge in [0.1, 0.15) is 12.5 Å². The van der Waals surface area contributed by atoms with Gasteiger partial charge >= 0.3 is 0 Å². The van der Waals surface area contributed by atoms with Gasteiger partial charge in [0.15, 0.2) is 6.17 Å². The molecule has 1 aromatic carbocycles. The Balaban J connectivity index is 1.58. The van der Waals surface area contributed by atoms with Crippen LogP contribution in [0.5, 0.6) is 0 Å². The first-order valence-electron chi connectivity index (χ1n) is 8.15. The standard InChI is InChI=1S/C15H18N8O/c1-2-4-13-12(3-1)18-14-11(9-16-10-17-14)15-22(13)19-20-23(15)21-5-7-24-8-6-21/h1-4,9,11,15H,5-8,10H2,(H,17,18). The molecule has 0 radical (unpaired) electrons. The molecule has 1 fully saturated rings. The monoisotopic (exact) mass is 326 g/mol. The number of hydrogen-bond acceptors (Lipinski definition) is 9. The van der Waals surface area contributed by atoms with Gasteiger partial charge in [0.05, 0.1) is 30.5 Å². The first kappa shape index (κ1) is 13.9. The number of ether oxygens (including phenoxy) is 1. The van der Waals surface area contributed by atoms with Crippen molar-refractivity contribution in [2.75, 3.05) is 43.3 Å². The van der Waals surface area contributed by atoms with E-state index in [0.717, 1.165) is 30.3 Å². The molecule has 0 amide bonds. The number of nitrogens with zero attached hydrogens (tertiary/aromatic N) is 7. The topological polar surface area (TPSA) is 80.4 Å². The number of fused-ring (bicyclic) bond motifs is 5. The van der Waals surface area contributed by atoms with Crippen LogP contribution in [0.4, 0.5) is 11.4 Å². The van der Waals surface area contributed by atoms with E-state index >= 15 is 0 Å². The minimum absolute atomic E-state index is 0.0241. The highest BCUT2D eigenvalue weighted by atomic mass is 16.5. The number of hydrazine groups is 1. The molecule has 2 atom stereocenters. The molecule has 9 heteroatoms. The largest absolute Gasteiger partial charge is 0.379 e. The lowest BCUT2D eigenvalue weighted by Gasteiger charge is -2.39. The summed E-state index contributed by atoms with van der Waals surface area (Å²) in [5.74, 6) is 0.888. The Labute approximate surface area is 139 Å². The van der Waals surface area contributed by atoms with Gasteiger partial charge in [-0.2, -0.15) is 10.1 Å². The Hall–Kier alpha value is -2.52. The van der Waals surface area contributed by atoms with Gasteiger partial charge in [0.25, 0.3) is 0 Å². The van der Waals surface area contributed by atoms with Crippen molar-refractivity contribution in [3.8, 4) is 0 Å². The average molecular weight is 326 g/mol. The van der Waals surface area contributed by atoms with E-state index in [9.17, 15) is 0 Å². The third-order valence-corrected chi connectivity index (χ3v) is 4.63. The van der Waals surface area contributed by atoms with Crippen molar-refractivity contribution in [1.29, 1.82) is 0 Å². The summed E-state index contributed by atoms with van der Waals surface area (Å²) < 4.78 is 5.47. The van der Waals surface area contributed by atoms with Crippen LogP contribution in [0, 0.1) is 5.92 Å². The molecule has 1 saturated heterocycles. The van der Waals surface area contributed by atoms with E-state index in [1.54, 1.807) is 0 Å². The van der Waals surface area contributed by atoms with E-state index in [-0.39, 0.29) is 12.1 Å². The second-order valence-electron chi connectivity index (χ2n) is 6.01. The third-order valence-electron chi connectivity index (χ3n) is 4.63. The van der Waals surface area contributed by atoms with Crippen molar-refractivity contribution in [3.63, 3.8) is 0 Å². The van der Waals surface area contributed by atoms with Crippen LogP contribution in [0.25, 0.3) is 0 Å². The van der Waals surface area contributed by atoms with Crippen molar-refractivity contribution < 1.29 is 4.74 Å². The molecule has 1 N–H and O–H groups in total. The molecule has 0 aliphatic carbocycles. The summed E-state index contributed by atoms with van der Waals surface area (Å²) in [6, 6.07) is 8.10. The van der Waals surface area contributed by atoms with Gasteiger partial charge in [-0.05, 0) is 22.6 Å². The Morgan fingerprint density at radius 1 is 1.12 bits per heavy atom. The first-order chi connectivity index (χ1) is 11.9. The number of morpholine rings is 1. The van der Waals surface area contributed by atoms with E-state index in [0.29, 0.717) is 19.9 Å². The highest BCUT2D eigenvalue weighted by molar-refractivity contribution is 6.09. The molecule has 0 saturated carbocycles. The molecule has 0 spiro atoms. The third kappa shape index (κ3) is 2.09. The quantitative estimate of drug-likeness (QED) is 0.837. The van der Waals surface area contributed by atoms with E-state index in [4.69, 9.17) is 4.74 Å². The normalized spacial score (nSPS) is 28.6. The SMILES string of the molecule is C1=NCN=C2Nc3ccccc3N3N=NN(N4CCOCC4)C3C12. The summed E-state index contributed by atoms with van der Waals surface area (Å²) in [6.07, 6.45) is 1.85. The van der Waals surface area contributed by atoms with E-state index in [2.05, 4.69) is 30.8 Å². The minimum Gasteiger partial charge on any atom is -0.379 e. The highest BCUT2D eigenvalue weighted by Gasteiger charge is 2.45. The number of hydrogen-bond donors (Lipinski definition) is 1. The fourth-order valence-electron chi connectivity index (χ4n) is 3.47. The predicted octanol–water partition coefficient (Wildman–Crippen LogP) is 1.15. The van der Waals surface area contributed by atoms with Crippen molar-refractivity contribution in [2.24, 2.45) is 26.3 Å². The molecular formula is C15H18N8O. The second-order valence-corrected chi connectivity index (χ2v) is 6.01. The maximum absolute atomic E-state index is 5.47. The second kappa shape index (κ2) is 5.53. The smallest absolute Gasteiger partial charge is 0.174 e. The Morgan fingerprint density at radius 2 is 2.00 bits per heavy atom. The van der Waals surface area contributed by atoms with Crippen LogP contribution in [0.1, 0.15) is 0 Å². The summed E-state index contributed by atoms with van der Waals surface area (Å²) in [7, 11) is 0. The average Bonchev–Trinajstić information content (AvgIpc) is 3.02. The molecule has 0 aromatic heterocycles. The number of anilines is 2. The summed E-state index contributed by atoms with van der Waals surface area (Å²) in [5, 5.41) is 18.5. The molecule has 9 nitrogen and oxygen atoms in total. The van der Waals surface area contributed by atoms with Crippen molar-refractivity contribution in [1.82, 2.24) is 10.1 Å². The van der Waals surface area contributed by atoms with Crippen molar-refractivity contribution in [2.45, 2.75) is 6.17 Å². The fraction of sp³-hybridized carbons (Fsp3) is 0.467. The zero-order valence-electron chi connectivity index (χ0n) is 13.1. The van der Waals surface area contributed by atoms with Gasteiger partial charge in [0, 0.05) is 19.3 Å². The van der Waals surface area contributed by atoms with Crippen molar-refractivity contribution >= 4 is 23.4 Å². The van der Waals surface area contributed by atoms with Crippen molar-refractivity contribution in [3.05, 3.63) is 24.3 Å². The van der Waals surface area contributed by atoms with Crippen LogP contribution in [-0.4, -0.2) is 61.3 Å². The van der Waals surface area contributed by atoms with Gasteiger partial charge in [-0.25, -0.2) is 10.0 Å². The Morgan fingerprint density at radius 3 is 2.92 bits per heavy atom. The maximum atomic E-state index is 5.47. The van der Waals surface area contributed by atoms with Gasteiger partial charge < -0.3 is 10.1 Å². The van der Waals surface area contributed by atoms with Crippen LogP contribution in [-0.2, 0) is 4.74 Å². The first-order valence-corrected chi connectivity index (χ1v) is 8.15. The Kier molecular flexibility index (Phi) is 3.20. The van der Waals surface area contributed by atoms with Crippen LogP contribution < -0.4 is 10.3 Å². The molecular weight excluding hydrogens is 308 g/mol. The number of aliphatic imine (C=N–C) groups is 2. The number of para-hydroxylation sites is 2. The highest BCUT2D eigenvalue weighted by Crippen LogP contribution is 2.38. The number of benzene rings is 1. The molecule has 4 aliphatic heterocycles. The van der Waals surface area contributed by atoms with E-state index in [1.165, 1.54) is 0 Å². The molecule has 4 heterocycles. The number of rotatable bonds is 1. The lowest BCUT2D eigenvalue weighted by atomic mass is 10.1. The van der Waals surface area contributed by atoms with Crippen LogP contribution in [0.3, 0.4) is 0 Å². The van der Waals surface area contributed by atoms with E-state index in [1.807, 2.05) is 40.6 Å². The minimum atomic E-state index is -0.109. The summed E-state index contributed by atoms with van der Waals surface area (Å²) in [6.45, 7) is 3.46. The summed E-state index contributed by atoms with van der Waals surface area (Å²) >= 11 is 0.